The Balaban J connectivity index is 1.70. The van der Waals surface area contributed by atoms with E-state index in [0.29, 0.717) is 19.3 Å². The number of aliphatic hydroxyl groups is 2. The van der Waals surface area contributed by atoms with Gasteiger partial charge < -0.3 is 14.9 Å². The Morgan fingerprint density at radius 3 is 2.67 bits per heavy atom. The molecule has 0 bridgehead atoms. The van der Waals surface area contributed by atoms with Gasteiger partial charge in [-0.1, -0.05) is 32.4 Å². The molecule has 164 valence electrons. The van der Waals surface area contributed by atoms with Crippen molar-refractivity contribution in [1.82, 2.24) is 0 Å². The monoisotopic (exact) mass is 416 g/mol. The van der Waals surface area contributed by atoms with Crippen molar-refractivity contribution < 1.29 is 29.3 Å². The van der Waals surface area contributed by atoms with Gasteiger partial charge in [-0.15, -0.1) is 0 Å². The lowest BCUT2D eigenvalue weighted by molar-refractivity contribution is -0.182. The lowest BCUT2D eigenvalue weighted by Crippen LogP contribution is -2.62. The normalized spacial score (nSPS) is 47.1. The minimum atomic E-state index is -1.61. The first-order valence-electron chi connectivity index (χ1n) is 11.0. The van der Waals surface area contributed by atoms with Crippen LogP contribution < -0.4 is 0 Å². The third-order valence-corrected chi connectivity index (χ3v) is 8.84. The molecule has 0 radical (unpaired) electrons. The Morgan fingerprint density at radius 2 is 2.00 bits per heavy atom. The molecule has 4 aliphatic rings. The van der Waals surface area contributed by atoms with Gasteiger partial charge in [0.25, 0.3) is 0 Å². The van der Waals surface area contributed by atoms with Crippen LogP contribution in [-0.2, 0) is 19.1 Å². The molecule has 0 aliphatic heterocycles. The first-order chi connectivity index (χ1) is 13.9. The van der Waals surface area contributed by atoms with E-state index >= 15 is 0 Å². The summed E-state index contributed by atoms with van der Waals surface area (Å²) in [6, 6.07) is 0. The Bertz CT molecular complexity index is 858. The molecule has 0 unspecified atom stereocenters. The van der Waals surface area contributed by atoms with Crippen LogP contribution in [0.4, 0.5) is 0 Å². The summed E-state index contributed by atoms with van der Waals surface area (Å²) in [6.07, 6.45) is 6.71. The van der Waals surface area contributed by atoms with E-state index < -0.39 is 40.9 Å². The summed E-state index contributed by atoms with van der Waals surface area (Å²) in [5.41, 5.74) is -1.72. The number of allylic oxidation sites excluding steroid dienone is 4. The van der Waals surface area contributed by atoms with Crippen LogP contribution >= 0.6 is 0 Å². The van der Waals surface area contributed by atoms with Crippen LogP contribution in [0.3, 0.4) is 0 Å². The number of hydrogen-bond donors (Lipinski definition) is 2. The number of carbonyl (C=O) groups excluding carboxylic acids is 3. The second-order valence-corrected chi connectivity index (χ2v) is 10.3. The predicted octanol–water partition coefficient (Wildman–Crippen LogP) is 2.37. The molecule has 3 fully saturated rings. The number of esters is 1. The van der Waals surface area contributed by atoms with Gasteiger partial charge in [0.2, 0.25) is 5.78 Å². The molecule has 6 nitrogen and oxygen atoms in total. The lowest BCUT2D eigenvalue weighted by atomic mass is 9.45. The van der Waals surface area contributed by atoms with E-state index in [0.717, 1.165) is 12.0 Å². The highest BCUT2D eigenvalue weighted by molar-refractivity contribution is 6.01. The minimum absolute atomic E-state index is 0.00535. The molecule has 0 aromatic heterocycles. The number of fused-ring (bicyclic) bond motifs is 5. The van der Waals surface area contributed by atoms with Crippen molar-refractivity contribution in [3.63, 3.8) is 0 Å². The average molecular weight is 417 g/mol. The van der Waals surface area contributed by atoms with Gasteiger partial charge >= 0.3 is 5.97 Å². The summed E-state index contributed by atoms with van der Waals surface area (Å²) in [5.74, 6) is -0.712. The first kappa shape index (κ1) is 21.4. The van der Waals surface area contributed by atoms with E-state index in [-0.39, 0.29) is 29.5 Å². The van der Waals surface area contributed by atoms with Crippen molar-refractivity contribution in [1.29, 1.82) is 0 Å². The number of hydrogen-bond acceptors (Lipinski definition) is 6. The molecule has 0 saturated heterocycles. The zero-order valence-electron chi connectivity index (χ0n) is 18.2. The smallest absolute Gasteiger partial charge is 0.303 e. The third-order valence-electron chi connectivity index (χ3n) is 8.84. The largest absolute Gasteiger partial charge is 0.458 e. The summed E-state index contributed by atoms with van der Waals surface area (Å²) >= 11 is 0. The maximum Gasteiger partial charge on any atom is 0.303 e. The summed E-state index contributed by atoms with van der Waals surface area (Å²) in [6.45, 7) is 6.94. The number of aliphatic hydroxyl groups excluding tert-OH is 1. The predicted molar refractivity (Wildman–Crippen MR) is 109 cm³/mol. The molecule has 3 saturated carbocycles. The highest BCUT2D eigenvalue weighted by Crippen LogP contribution is 2.67. The van der Waals surface area contributed by atoms with Crippen molar-refractivity contribution in [2.45, 2.75) is 65.1 Å². The molecule has 0 heterocycles. The molecule has 0 aromatic rings. The summed E-state index contributed by atoms with van der Waals surface area (Å²) < 4.78 is 4.89. The van der Waals surface area contributed by atoms with Crippen LogP contribution in [0.15, 0.2) is 23.8 Å². The van der Waals surface area contributed by atoms with Gasteiger partial charge in [0.1, 0.15) is 5.60 Å². The van der Waals surface area contributed by atoms with Gasteiger partial charge in [0.05, 0.1) is 6.10 Å². The van der Waals surface area contributed by atoms with Crippen LogP contribution in [0, 0.1) is 34.5 Å². The van der Waals surface area contributed by atoms with Crippen molar-refractivity contribution in [2.75, 3.05) is 6.61 Å². The second-order valence-electron chi connectivity index (χ2n) is 10.3. The SMILES string of the molecule is CC(=O)OCC(=O)[C@@]1(O)CC[C@H]2[C@@H]3C[C@H](C)C4=CC(=O)C=C[C@]4(C)[C@H]3[C@@H](O)C[C@]21C. The summed E-state index contributed by atoms with van der Waals surface area (Å²) in [7, 11) is 0. The van der Waals surface area contributed by atoms with Crippen LogP contribution in [0.1, 0.15) is 53.4 Å². The van der Waals surface area contributed by atoms with E-state index in [1.54, 1.807) is 12.2 Å². The summed E-state index contributed by atoms with van der Waals surface area (Å²) in [4.78, 5) is 36.1. The second kappa shape index (κ2) is 6.86. The molecule has 8 atom stereocenters. The fraction of sp³-hybridized carbons (Fsp3) is 0.708. The topological polar surface area (TPSA) is 101 Å². The quantitative estimate of drug-likeness (QED) is 0.685. The maximum atomic E-state index is 12.9. The number of ketones is 2. The maximum absolute atomic E-state index is 12.9. The fourth-order valence-electron chi connectivity index (χ4n) is 7.50. The van der Waals surface area contributed by atoms with Gasteiger partial charge in [-0.2, -0.15) is 0 Å². The Hall–Kier alpha value is -1.79. The van der Waals surface area contributed by atoms with Gasteiger partial charge in [-0.3, -0.25) is 14.4 Å². The number of rotatable bonds is 3. The molecular weight excluding hydrogens is 384 g/mol. The molecule has 2 N–H and O–H groups in total. The number of Topliss-reactive ketones (excluding diaryl/α,β-unsaturated/α-hetero) is 1. The van der Waals surface area contributed by atoms with E-state index in [1.165, 1.54) is 6.92 Å². The molecule has 30 heavy (non-hydrogen) atoms. The molecule has 6 heteroatoms. The molecule has 0 amide bonds. The number of carbonyl (C=O) groups is 3. The first-order valence-corrected chi connectivity index (χ1v) is 11.0. The average Bonchev–Trinajstić information content (AvgIpc) is 2.93. The zero-order chi connectivity index (χ0) is 22.1. The van der Waals surface area contributed by atoms with Crippen LogP contribution in [0.25, 0.3) is 0 Å². The molecule has 0 spiro atoms. The van der Waals surface area contributed by atoms with Gasteiger partial charge in [0.15, 0.2) is 12.4 Å². The molecular formula is C24H32O6. The highest BCUT2D eigenvalue weighted by Gasteiger charge is 2.68. The lowest BCUT2D eigenvalue weighted by Gasteiger charge is -2.60. The van der Waals surface area contributed by atoms with Crippen LogP contribution in [-0.4, -0.2) is 46.1 Å². The van der Waals surface area contributed by atoms with Crippen LogP contribution in [0.2, 0.25) is 0 Å². The zero-order valence-corrected chi connectivity index (χ0v) is 18.2. The van der Waals surface area contributed by atoms with Crippen molar-refractivity contribution in [2.24, 2.45) is 34.5 Å². The van der Waals surface area contributed by atoms with E-state index in [1.807, 2.05) is 13.0 Å². The molecule has 4 aliphatic carbocycles. The van der Waals surface area contributed by atoms with E-state index in [9.17, 15) is 24.6 Å². The van der Waals surface area contributed by atoms with Gasteiger partial charge in [-0.25, -0.2) is 0 Å². The van der Waals surface area contributed by atoms with Gasteiger partial charge in [0, 0.05) is 23.7 Å². The van der Waals surface area contributed by atoms with Crippen molar-refractivity contribution >= 4 is 17.5 Å². The fourth-order valence-corrected chi connectivity index (χ4v) is 7.50. The standard InChI is InChI=1S/C24H32O6/c1-13-9-16-17-6-8-24(29,20(28)12-30-14(2)25)23(17,4)11-19(27)21(16)22(3)7-5-15(26)10-18(13)22/h5,7,10,13,16-17,19,21,27,29H,6,8-9,11-12H2,1-4H3/t13-,16-,17-,19-,21+,22-,23+,24-/m0/s1. The van der Waals surface area contributed by atoms with E-state index in [4.69, 9.17) is 4.74 Å². The number of ether oxygens (including phenoxy) is 1. The Kier molecular flexibility index (Phi) is 4.90. The Morgan fingerprint density at radius 1 is 1.30 bits per heavy atom. The van der Waals surface area contributed by atoms with Crippen molar-refractivity contribution in [3.8, 4) is 0 Å². The third kappa shape index (κ3) is 2.79. The minimum Gasteiger partial charge on any atom is -0.458 e. The van der Waals surface area contributed by atoms with E-state index in [2.05, 4.69) is 13.8 Å². The highest BCUT2D eigenvalue weighted by atomic mass is 16.5. The van der Waals surface area contributed by atoms with Gasteiger partial charge in [-0.05, 0) is 55.6 Å². The van der Waals surface area contributed by atoms with Crippen LogP contribution in [0.5, 0.6) is 0 Å². The Labute approximate surface area is 177 Å². The molecule has 0 aromatic carbocycles. The summed E-state index contributed by atoms with van der Waals surface area (Å²) in [5, 5.41) is 22.9. The molecule has 4 rings (SSSR count). The van der Waals surface area contributed by atoms with Crippen molar-refractivity contribution in [3.05, 3.63) is 23.8 Å².